The summed E-state index contributed by atoms with van der Waals surface area (Å²) in [7, 11) is 0. The van der Waals surface area contributed by atoms with Crippen molar-refractivity contribution in [2.75, 3.05) is 19.6 Å². The van der Waals surface area contributed by atoms with E-state index in [1.54, 1.807) is 0 Å². The van der Waals surface area contributed by atoms with E-state index in [0.29, 0.717) is 18.1 Å². The molecule has 1 aliphatic rings. The number of likely N-dealkylation sites (tertiary alicyclic amines) is 1. The quantitative estimate of drug-likeness (QED) is 0.630. The van der Waals surface area contributed by atoms with E-state index < -0.39 is 5.97 Å². The van der Waals surface area contributed by atoms with Gasteiger partial charge in [0, 0.05) is 19.6 Å². The lowest BCUT2D eigenvalue weighted by atomic mass is 10.1. The number of carboxylic acids is 1. The van der Waals surface area contributed by atoms with Crippen LogP contribution in [-0.2, 0) is 4.79 Å². The van der Waals surface area contributed by atoms with Crippen LogP contribution >= 0.6 is 12.2 Å². The molecule has 1 heterocycles. The number of hydrogen-bond acceptors (Lipinski definition) is 2. The van der Waals surface area contributed by atoms with Crippen LogP contribution in [-0.4, -0.2) is 40.7 Å². The molecule has 0 aromatic heterocycles. The number of hydrogen-bond donors (Lipinski definition) is 2. The van der Waals surface area contributed by atoms with Crippen LogP contribution in [0, 0.1) is 5.92 Å². The predicted molar refractivity (Wildman–Crippen MR) is 53.6 cm³/mol. The van der Waals surface area contributed by atoms with Crippen LogP contribution < -0.4 is 5.32 Å². The predicted octanol–water partition coefficient (Wildman–Crippen LogP) is 0.287. The number of nitrogens with one attached hydrogen (secondary N) is 1. The Balaban J connectivity index is 2.40. The second kappa shape index (κ2) is 4.41. The number of rotatable bonds is 2. The summed E-state index contributed by atoms with van der Waals surface area (Å²) in [6.07, 6.45) is 0.695. The molecule has 0 radical (unpaired) electrons. The van der Waals surface area contributed by atoms with Crippen molar-refractivity contribution in [3.8, 4) is 0 Å². The molecule has 5 heteroatoms. The van der Waals surface area contributed by atoms with Crippen molar-refractivity contribution in [1.29, 1.82) is 0 Å². The maximum absolute atomic E-state index is 10.6. The zero-order chi connectivity index (χ0) is 9.84. The summed E-state index contributed by atoms with van der Waals surface area (Å²) in [5.41, 5.74) is 0. The number of nitrogens with zero attached hydrogens (tertiary/aromatic N) is 1. The highest BCUT2D eigenvalue weighted by atomic mass is 32.1. The van der Waals surface area contributed by atoms with Crippen LogP contribution in [0.5, 0.6) is 0 Å². The first-order valence-electron chi connectivity index (χ1n) is 4.40. The molecular formula is C8H14N2O2S. The Hall–Kier alpha value is -0.840. The van der Waals surface area contributed by atoms with Gasteiger partial charge in [-0.2, -0.15) is 0 Å². The number of aliphatic carboxylic acids is 1. The van der Waals surface area contributed by atoms with Gasteiger partial charge in [-0.1, -0.05) is 0 Å². The highest BCUT2D eigenvalue weighted by Crippen LogP contribution is 2.15. The fraction of sp³-hybridized carbons (Fsp3) is 0.750. The molecule has 0 amide bonds. The average Bonchev–Trinajstić information content (AvgIpc) is 2.52. The molecule has 0 saturated carbocycles. The van der Waals surface area contributed by atoms with Gasteiger partial charge in [0.2, 0.25) is 0 Å². The van der Waals surface area contributed by atoms with E-state index in [2.05, 4.69) is 5.32 Å². The Labute approximate surface area is 82.9 Å². The summed E-state index contributed by atoms with van der Waals surface area (Å²) in [6, 6.07) is 0. The third kappa shape index (κ3) is 2.55. The van der Waals surface area contributed by atoms with E-state index >= 15 is 0 Å². The molecule has 2 N–H and O–H groups in total. The zero-order valence-electron chi connectivity index (χ0n) is 7.62. The van der Waals surface area contributed by atoms with Crippen molar-refractivity contribution < 1.29 is 9.90 Å². The summed E-state index contributed by atoms with van der Waals surface area (Å²) >= 11 is 5.07. The van der Waals surface area contributed by atoms with Crippen LogP contribution in [0.15, 0.2) is 0 Å². The molecule has 1 fully saturated rings. The summed E-state index contributed by atoms with van der Waals surface area (Å²) < 4.78 is 0. The van der Waals surface area contributed by atoms with E-state index in [0.717, 1.165) is 13.1 Å². The minimum atomic E-state index is -0.721. The Morgan fingerprint density at radius 2 is 2.46 bits per heavy atom. The molecule has 0 spiro atoms. The molecule has 13 heavy (non-hydrogen) atoms. The van der Waals surface area contributed by atoms with Gasteiger partial charge in [-0.15, -0.1) is 0 Å². The second-order valence-corrected chi connectivity index (χ2v) is 3.49. The van der Waals surface area contributed by atoms with Gasteiger partial charge >= 0.3 is 5.97 Å². The van der Waals surface area contributed by atoms with Crippen molar-refractivity contribution in [3.63, 3.8) is 0 Å². The van der Waals surface area contributed by atoms with E-state index in [-0.39, 0.29) is 5.92 Å². The molecule has 1 saturated heterocycles. The molecule has 0 aromatic carbocycles. The standard InChI is InChI=1S/C8H14N2O2S/c1-2-9-8(13)10-4-3-6(5-10)7(11)12/h6H,2-5H2,1H3,(H,9,13)(H,11,12). The largest absolute Gasteiger partial charge is 0.481 e. The first kappa shape index (κ1) is 10.2. The lowest BCUT2D eigenvalue weighted by Crippen LogP contribution is -2.38. The number of carboxylic acid groups (broad SMARTS) is 1. The second-order valence-electron chi connectivity index (χ2n) is 3.11. The lowest BCUT2D eigenvalue weighted by Gasteiger charge is -2.18. The van der Waals surface area contributed by atoms with Crippen LogP contribution in [0.1, 0.15) is 13.3 Å². The lowest BCUT2D eigenvalue weighted by molar-refractivity contribution is -0.141. The van der Waals surface area contributed by atoms with Gasteiger partial charge in [0.15, 0.2) is 5.11 Å². The van der Waals surface area contributed by atoms with Gasteiger partial charge in [0.05, 0.1) is 5.92 Å². The van der Waals surface area contributed by atoms with Crippen molar-refractivity contribution in [1.82, 2.24) is 10.2 Å². The third-order valence-corrected chi connectivity index (χ3v) is 2.56. The molecule has 1 aliphatic heterocycles. The van der Waals surface area contributed by atoms with Crippen molar-refractivity contribution in [2.24, 2.45) is 5.92 Å². The Morgan fingerprint density at radius 1 is 1.77 bits per heavy atom. The molecule has 1 unspecified atom stereocenters. The van der Waals surface area contributed by atoms with Crippen LogP contribution in [0.2, 0.25) is 0 Å². The van der Waals surface area contributed by atoms with Gasteiger partial charge in [0.1, 0.15) is 0 Å². The van der Waals surface area contributed by atoms with Crippen LogP contribution in [0.3, 0.4) is 0 Å². The number of thiocarbonyl (C=S) groups is 1. The minimum absolute atomic E-state index is 0.253. The molecule has 74 valence electrons. The van der Waals surface area contributed by atoms with Crippen molar-refractivity contribution in [2.45, 2.75) is 13.3 Å². The van der Waals surface area contributed by atoms with Gasteiger partial charge < -0.3 is 15.3 Å². The maximum Gasteiger partial charge on any atom is 0.308 e. The Kier molecular flexibility index (Phi) is 3.48. The minimum Gasteiger partial charge on any atom is -0.481 e. The molecule has 1 rings (SSSR count). The summed E-state index contributed by atoms with van der Waals surface area (Å²) in [5, 5.41) is 12.4. The van der Waals surface area contributed by atoms with Gasteiger partial charge in [-0.25, -0.2) is 0 Å². The first-order chi connectivity index (χ1) is 6.15. The molecule has 0 bridgehead atoms. The highest BCUT2D eigenvalue weighted by Gasteiger charge is 2.28. The summed E-state index contributed by atoms with van der Waals surface area (Å²) in [6.45, 7) is 4.05. The van der Waals surface area contributed by atoms with E-state index in [9.17, 15) is 4.79 Å². The molecule has 1 atom stereocenters. The SMILES string of the molecule is CCNC(=S)N1CCC(C(=O)O)C1. The van der Waals surface area contributed by atoms with Gasteiger partial charge in [-0.3, -0.25) is 4.79 Å². The summed E-state index contributed by atoms with van der Waals surface area (Å²) in [4.78, 5) is 12.6. The molecule has 4 nitrogen and oxygen atoms in total. The molecule has 0 aliphatic carbocycles. The number of carbonyl (C=O) groups is 1. The van der Waals surface area contributed by atoms with E-state index in [4.69, 9.17) is 17.3 Å². The van der Waals surface area contributed by atoms with Crippen LogP contribution in [0.4, 0.5) is 0 Å². The maximum atomic E-state index is 10.6. The third-order valence-electron chi connectivity index (χ3n) is 2.15. The van der Waals surface area contributed by atoms with Gasteiger partial charge in [-0.05, 0) is 25.6 Å². The zero-order valence-corrected chi connectivity index (χ0v) is 8.43. The normalized spacial score (nSPS) is 21.6. The molecule has 0 aromatic rings. The van der Waals surface area contributed by atoms with Crippen molar-refractivity contribution in [3.05, 3.63) is 0 Å². The molecular weight excluding hydrogens is 188 g/mol. The topological polar surface area (TPSA) is 52.6 Å². The fourth-order valence-corrected chi connectivity index (χ4v) is 1.72. The summed E-state index contributed by atoms with van der Waals surface area (Å²) in [5.74, 6) is -0.974. The van der Waals surface area contributed by atoms with Crippen molar-refractivity contribution >= 4 is 23.3 Å². The van der Waals surface area contributed by atoms with E-state index in [1.165, 1.54) is 0 Å². The Bertz CT molecular complexity index is 220. The van der Waals surface area contributed by atoms with Gasteiger partial charge in [0.25, 0.3) is 0 Å². The average molecular weight is 202 g/mol. The first-order valence-corrected chi connectivity index (χ1v) is 4.81. The van der Waals surface area contributed by atoms with Crippen LogP contribution in [0.25, 0.3) is 0 Å². The monoisotopic (exact) mass is 202 g/mol. The fourth-order valence-electron chi connectivity index (χ4n) is 1.41. The smallest absolute Gasteiger partial charge is 0.308 e. The van der Waals surface area contributed by atoms with E-state index in [1.807, 2.05) is 11.8 Å². The Morgan fingerprint density at radius 3 is 2.92 bits per heavy atom. The highest BCUT2D eigenvalue weighted by molar-refractivity contribution is 7.80.